The van der Waals surface area contributed by atoms with Gasteiger partial charge in [0.25, 0.3) is 10.0 Å². The molecule has 3 aromatic carbocycles. The lowest BCUT2D eigenvalue weighted by molar-refractivity contribution is -0.139. The van der Waals surface area contributed by atoms with Gasteiger partial charge in [-0.2, -0.15) is 0 Å². The topological polar surface area (TPSA) is 96.0 Å². The monoisotopic (exact) mass is 665 g/mol. The van der Waals surface area contributed by atoms with Crippen molar-refractivity contribution in [2.75, 3.05) is 18.0 Å². The highest BCUT2D eigenvalue weighted by Crippen LogP contribution is 2.28. The fourth-order valence-electron chi connectivity index (χ4n) is 5.00. The van der Waals surface area contributed by atoms with E-state index in [0.717, 1.165) is 36.4 Å². The summed E-state index contributed by atoms with van der Waals surface area (Å²) in [6.07, 6.45) is 4.94. The maximum absolute atomic E-state index is 14.1. The summed E-state index contributed by atoms with van der Waals surface area (Å²) in [7, 11) is -2.75. The summed E-state index contributed by atoms with van der Waals surface area (Å²) < 4.78 is 34.1. The molecule has 1 atom stereocenters. The summed E-state index contributed by atoms with van der Waals surface area (Å²) >= 11 is 18.6. The number of nitrogens with one attached hydrogen (secondary N) is 1. The van der Waals surface area contributed by atoms with Crippen LogP contribution in [0.1, 0.15) is 44.6 Å². The number of rotatable bonds is 11. The highest BCUT2D eigenvalue weighted by Gasteiger charge is 2.33. The maximum atomic E-state index is 14.1. The van der Waals surface area contributed by atoms with Crippen LogP contribution in [0.4, 0.5) is 5.69 Å². The highest BCUT2D eigenvalue weighted by molar-refractivity contribution is 7.92. The lowest BCUT2D eigenvalue weighted by atomic mass is 9.95. The summed E-state index contributed by atoms with van der Waals surface area (Å²) in [5, 5.41) is 4.23. The molecule has 1 N–H and O–H groups in total. The molecule has 0 aromatic heterocycles. The van der Waals surface area contributed by atoms with E-state index in [2.05, 4.69) is 5.32 Å². The van der Waals surface area contributed by atoms with Crippen molar-refractivity contribution in [1.82, 2.24) is 10.2 Å². The van der Waals surface area contributed by atoms with Crippen LogP contribution >= 0.6 is 34.8 Å². The Balaban J connectivity index is 1.69. The molecular formula is C31H34Cl3N3O5S. The SMILES string of the molecule is COc1ccc(S(=O)(=O)N(CC(=O)N(Cc2ccc(Cl)cc2Cl)[C@@H](C)C(=O)NC2CCCCC2)c2ccc(Cl)cc2)cc1. The number of amides is 2. The number of ether oxygens (including phenoxy) is 1. The van der Waals surface area contributed by atoms with Crippen molar-refractivity contribution in [2.24, 2.45) is 0 Å². The van der Waals surface area contributed by atoms with E-state index in [-0.39, 0.29) is 29.1 Å². The van der Waals surface area contributed by atoms with Crippen molar-refractivity contribution in [1.29, 1.82) is 0 Å². The first kappa shape index (κ1) is 32.9. The van der Waals surface area contributed by atoms with Crippen LogP contribution in [0.5, 0.6) is 5.75 Å². The van der Waals surface area contributed by atoms with E-state index in [1.807, 2.05) is 0 Å². The van der Waals surface area contributed by atoms with Gasteiger partial charge in [-0.05, 0) is 86.0 Å². The number of carbonyl (C=O) groups excluding carboxylic acids is 2. The van der Waals surface area contributed by atoms with Gasteiger partial charge in [0.1, 0.15) is 18.3 Å². The lowest BCUT2D eigenvalue weighted by Crippen LogP contribution is -2.53. The summed E-state index contributed by atoms with van der Waals surface area (Å²) in [4.78, 5) is 28.9. The van der Waals surface area contributed by atoms with Crippen molar-refractivity contribution in [2.45, 2.75) is 62.6 Å². The first-order valence-electron chi connectivity index (χ1n) is 14.0. The quantitative estimate of drug-likeness (QED) is 0.245. The Bertz CT molecular complexity index is 1530. The van der Waals surface area contributed by atoms with Gasteiger partial charge in [-0.1, -0.05) is 60.1 Å². The second kappa shape index (κ2) is 14.7. The van der Waals surface area contributed by atoms with Gasteiger partial charge in [-0.3, -0.25) is 13.9 Å². The van der Waals surface area contributed by atoms with Crippen LogP contribution in [0, 0.1) is 0 Å². The molecule has 1 saturated carbocycles. The molecule has 0 saturated heterocycles. The first-order valence-corrected chi connectivity index (χ1v) is 16.5. The number of benzene rings is 3. The molecule has 0 aliphatic heterocycles. The third-order valence-electron chi connectivity index (χ3n) is 7.52. The first-order chi connectivity index (χ1) is 20.5. The van der Waals surface area contributed by atoms with Crippen molar-refractivity contribution in [3.05, 3.63) is 87.4 Å². The van der Waals surface area contributed by atoms with Crippen molar-refractivity contribution < 1.29 is 22.7 Å². The molecule has 0 unspecified atom stereocenters. The molecule has 3 aromatic rings. The van der Waals surface area contributed by atoms with E-state index < -0.39 is 28.5 Å². The van der Waals surface area contributed by atoms with Crippen LogP contribution < -0.4 is 14.4 Å². The van der Waals surface area contributed by atoms with Crippen LogP contribution in [0.15, 0.2) is 71.6 Å². The Morgan fingerprint density at radius 1 is 0.930 bits per heavy atom. The Kier molecular flexibility index (Phi) is 11.2. The fourth-order valence-corrected chi connectivity index (χ4v) is 7.00. The third kappa shape index (κ3) is 8.35. The predicted octanol–water partition coefficient (Wildman–Crippen LogP) is 6.72. The van der Waals surface area contributed by atoms with E-state index in [0.29, 0.717) is 26.4 Å². The van der Waals surface area contributed by atoms with Crippen molar-refractivity contribution in [3.63, 3.8) is 0 Å². The second-order valence-electron chi connectivity index (χ2n) is 10.4. The Labute approximate surface area is 267 Å². The summed E-state index contributed by atoms with van der Waals surface area (Å²) in [5.74, 6) is -0.428. The molecule has 12 heteroatoms. The van der Waals surface area contributed by atoms with Crippen molar-refractivity contribution in [3.8, 4) is 5.75 Å². The number of hydrogen-bond donors (Lipinski definition) is 1. The zero-order valence-corrected chi connectivity index (χ0v) is 27.0. The average Bonchev–Trinajstić information content (AvgIpc) is 3.00. The third-order valence-corrected chi connectivity index (χ3v) is 10.1. The number of anilines is 1. The zero-order valence-electron chi connectivity index (χ0n) is 23.9. The van der Waals surface area contributed by atoms with Gasteiger partial charge in [0.05, 0.1) is 17.7 Å². The molecule has 0 spiro atoms. The minimum atomic E-state index is -4.23. The average molecular weight is 667 g/mol. The smallest absolute Gasteiger partial charge is 0.264 e. The summed E-state index contributed by atoms with van der Waals surface area (Å²) in [5.41, 5.74) is 0.796. The molecule has 4 rings (SSSR count). The molecule has 43 heavy (non-hydrogen) atoms. The number of carbonyl (C=O) groups is 2. The van der Waals surface area contributed by atoms with Crippen LogP contribution in [0.25, 0.3) is 0 Å². The van der Waals surface area contributed by atoms with Gasteiger partial charge in [0.2, 0.25) is 11.8 Å². The standard InChI is InChI=1S/C31H34Cl3N3O5S/c1-21(31(39)35-25-6-4-3-5-7-25)36(19-22-8-9-24(33)18-29(22)34)30(38)20-37(26-12-10-23(32)11-13-26)43(40,41)28-16-14-27(42-2)15-17-28/h8-18,21,25H,3-7,19-20H2,1-2H3,(H,35,39)/t21-/m0/s1. The molecule has 1 fully saturated rings. The molecule has 0 radical (unpaired) electrons. The van der Waals surface area contributed by atoms with Crippen LogP contribution in [0.2, 0.25) is 15.1 Å². The molecule has 230 valence electrons. The van der Waals surface area contributed by atoms with Crippen molar-refractivity contribution >= 4 is 62.3 Å². The van der Waals surface area contributed by atoms with E-state index in [1.165, 1.54) is 48.4 Å². The minimum Gasteiger partial charge on any atom is -0.497 e. The number of methoxy groups -OCH3 is 1. The van der Waals surface area contributed by atoms with Gasteiger partial charge < -0.3 is 15.0 Å². The number of sulfonamides is 1. The molecule has 2 amide bonds. The molecule has 1 aliphatic carbocycles. The molecule has 8 nitrogen and oxygen atoms in total. The zero-order chi connectivity index (χ0) is 31.1. The van der Waals surface area contributed by atoms with Gasteiger partial charge in [0.15, 0.2) is 0 Å². The van der Waals surface area contributed by atoms with E-state index in [9.17, 15) is 18.0 Å². The molecule has 0 heterocycles. The number of halogens is 3. The predicted molar refractivity (Wildman–Crippen MR) is 170 cm³/mol. The second-order valence-corrected chi connectivity index (χ2v) is 13.6. The Morgan fingerprint density at radius 2 is 1.56 bits per heavy atom. The fraction of sp³-hybridized carbons (Fsp3) is 0.355. The maximum Gasteiger partial charge on any atom is 0.264 e. The van der Waals surface area contributed by atoms with Gasteiger partial charge in [-0.15, -0.1) is 0 Å². The van der Waals surface area contributed by atoms with E-state index >= 15 is 0 Å². The number of hydrogen-bond acceptors (Lipinski definition) is 5. The van der Waals surface area contributed by atoms with Crippen LogP contribution in [-0.4, -0.2) is 50.9 Å². The van der Waals surface area contributed by atoms with Crippen LogP contribution in [0.3, 0.4) is 0 Å². The molecule has 0 bridgehead atoms. The summed E-state index contributed by atoms with van der Waals surface area (Å²) in [6.45, 7) is 1.01. The van der Waals surface area contributed by atoms with Gasteiger partial charge >= 0.3 is 0 Å². The largest absolute Gasteiger partial charge is 0.497 e. The van der Waals surface area contributed by atoms with E-state index in [4.69, 9.17) is 39.5 Å². The van der Waals surface area contributed by atoms with Crippen LogP contribution in [-0.2, 0) is 26.2 Å². The molecular weight excluding hydrogens is 633 g/mol. The van der Waals surface area contributed by atoms with Gasteiger partial charge in [0, 0.05) is 27.7 Å². The lowest BCUT2D eigenvalue weighted by Gasteiger charge is -2.33. The highest BCUT2D eigenvalue weighted by atomic mass is 35.5. The van der Waals surface area contributed by atoms with Gasteiger partial charge in [-0.25, -0.2) is 8.42 Å². The number of nitrogens with zero attached hydrogens (tertiary/aromatic N) is 2. The molecule has 1 aliphatic rings. The Hall–Kier alpha value is -2.98. The minimum absolute atomic E-state index is 0.0285. The van der Waals surface area contributed by atoms with E-state index in [1.54, 1.807) is 37.3 Å². The Morgan fingerprint density at radius 3 is 2.16 bits per heavy atom. The summed E-state index contributed by atoms with van der Waals surface area (Å²) in [6, 6.07) is 16.0. The normalized spacial score (nSPS) is 14.5.